The maximum absolute atomic E-state index is 12.6. The van der Waals surface area contributed by atoms with Crippen molar-refractivity contribution in [3.05, 3.63) is 0 Å². The van der Waals surface area contributed by atoms with Crippen molar-refractivity contribution in [2.24, 2.45) is 34.5 Å². The molecule has 1 N–H and O–H groups in total. The third-order valence-electron chi connectivity index (χ3n) is 9.60. The van der Waals surface area contributed by atoms with Crippen molar-refractivity contribution in [3.63, 3.8) is 0 Å². The molecule has 0 spiro atoms. The van der Waals surface area contributed by atoms with Gasteiger partial charge >= 0.3 is 6.18 Å². The molecule has 166 valence electrons. The van der Waals surface area contributed by atoms with Crippen molar-refractivity contribution in [3.8, 4) is 0 Å². The number of rotatable bonds is 3. The summed E-state index contributed by atoms with van der Waals surface area (Å²) in [6.07, 6.45) is 3.82. The molecule has 8 unspecified atom stereocenters. The van der Waals surface area contributed by atoms with Crippen molar-refractivity contribution >= 4 is 5.78 Å². The molecule has 6 heteroatoms. The van der Waals surface area contributed by atoms with Crippen LogP contribution in [0.2, 0.25) is 0 Å². The van der Waals surface area contributed by atoms with E-state index >= 15 is 0 Å². The molecule has 0 aromatic carbocycles. The summed E-state index contributed by atoms with van der Waals surface area (Å²) in [6.45, 7) is 5.73. The van der Waals surface area contributed by atoms with Gasteiger partial charge in [-0.05, 0) is 99.2 Å². The fraction of sp³-hybridized carbons (Fsp3) is 0.957. The molecule has 0 radical (unpaired) electrons. The highest BCUT2D eigenvalue weighted by Gasteiger charge is 2.61. The zero-order valence-electron chi connectivity index (χ0n) is 17.9. The van der Waals surface area contributed by atoms with E-state index in [1.165, 1.54) is 0 Å². The molecule has 0 amide bonds. The summed E-state index contributed by atoms with van der Waals surface area (Å²) in [5.41, 5.74) is -0.411. The third kappa shape index (κ3) is 3.56. The summed E-state index contributed by atoms with van der Waals surface area (Å²) >= 11 is 0. The molecule has 4 aliphatic carbocycles. The molecule has 0 heterocycles. The number of carbonyl (C=O) groups excluding carboxylic acids is 1. The van der Waals surface area contributed by atoms with E-state index in [1.807, 2.05) is 6.92 Å². The van der Waals surface area contributed by atoms with Crippen molar-refractivity contribution in [2.75, 3.05) is 6.61 Å². The van der Waals surface area contributed by atoms with Gasteiger partial charge in [0.25, 0.3) is 5.78 Å². The molecule has 0 saturated heterocycles. The van der Waals surface area contributed by atoms with Crippen LogP contribution >= 0.6 is 0 Å². The van der Waals surface area contributed by atoms with Gasteiger partial charge in [0.15, 0.2) is 0 Å². The second kappa shape index (κ2) is 6.94. The summed E-state index contributed by atoms with van der Waals surface area (Å²) in [6, 6.07) is 0. The van der Waals surface area contributed by atoms with Gasteiger partial charge in [0, 0.05) is 0 Å². The second-order valence-corrected chi connectivity index (χ2v) is 11.2. The van der Waals surface area contributed by atoms with Gasteiger partial charge in [0.2, 0.25) is 0 Å². The summed E-state index contributed by atoms with van der Waals surface area (Å²) in [7, 11) is 0. The van der Waals surface area contributed by atoms with E-state index in [0.29, 0.717) is 23.7 Å². The first-order valence-electron chi connectivity index (χ1n) is 11.3. The number of hydrogen-bond acceptors (Lipinski definition) is 3. The van der Waals surface area contributed by atoms with Crippen molar-refractivity contribution in [1.29, 1.82) is 0 Å². The highest BCUT2D eigenvalue weighted by Crippen LogP contribution is 2.67. The predicted octanol–water partition coefficient (Wildman–Crippen LogP) is 5.30. The van der Waals surface area contributed by atoms with Crippen LogP contribution in [0.15, 0.2) is 0 Å². The molecular formula is C23H35F3O3. The Morgan fingerprint density at radius 2 is 1.66 bits per heavy atom. The predicted molar refractivity (Wildman–Crippen MR) is 103 cm³/mol. The van der Waals surface area contributed by atoms with E-state index < -0.39 is 24.2 Å². The average Bonchev–Trinajstić information content (AvgIpc) is 2.95. The van der Waals surface area contributed by atoms with Gasteiger partial charge in [-0.15, -0.1) is 0 Å². The SMILES string of the molecule is CC1(O)CCC2(C)C(CCC3C2CCC2(C)C(OCC(=O)C(F)(F)F)CCC32)C1. The van der Waals surface area contributed by atoms with Crippen LogP contribution in [-0.2, 0) is 9.53 Å². The minimum Gasteiger partial charge on any atom is -0.390 e. The van der Waals surface area contributed by atoms with Gasteiger partial charge < -0.3 is 9.84 Å². The Labute approximate surface area is 171 Å². The molecule has 3 nitrogen and oxygen atoms in total. The molecule has 0 aromatic rings. The fourth-order valence-corrected chi connectivity index (χ4v) is 7.92. The van der Waals surface area contributed by atoms with Crippen molar-refractivity contribution in [1.82, 2.24) is 0 Å². The number of carbonyl (C=O) groups is 1. The number of alkyl halides is 3. The van der Waals surface area contributed by atoms with Crippen molar-refractivity contribution < 1.29 is 27.8 Å². The first kappa shape index (κ1) is 21.6. The molecule has 29 heavy (non-hydrogen) atoms. The first-order chi connectivity index (χ1) is 13.4. The lowest BCUT2D eigenvalue weighted by Crippen LogP contribution is -2.56. The standard InChI is InChI=1S/C23H35F3O3/c1-20(28)10-11-21(2)14(12-20)4-5-15-16-6-7-19(22(16,3)9-8-17(15)21)29-13-18(27)23(24,25)26/h14-17,19,28H,4-13H2,1-3H3. The maximum Gasteiger partial charge on any atom is 0.452 e. The lowest BCUT2D eigenvalue weighted by atomic mass is 9.44. The molecule has 4 aliphatic rings. The van der Waals surface area contributed by atoms with Gasteiger partial charge in [0.05, 0.1) is 11.7 Å². The van der Waals surface area contributed by atoms with E-state index in [1.54, 1.807) is 0 Å². The Kier molecular flexibility index (Phi) is 5.17. The number of Topliss-reactive ketones (excluding diaryl/α,β-unsaturated/α-hetero) is 1. The highest BCUT2D eigenvalue weighted by atomic mass is 19.4. The molecule has 0 bridgehead atoms. The number of aliphatic hydroxyl groups is 1. The van der Waals surface area contributed by atoms with Crippen LogP contribution in [-0.4, -0.2) is 35.4 Å². The summed E-state index contributed by atoms with van der Waals surface area (Å²) in [5.74, 6) is 0.471. The molecule has 4 fully saturated rings. The lowest BCUT2D eigenvalue weighted by molar-refractivity contribution is -0.182. The van der Waals surface area contributed by atoms with Gasteiger partial charge in [-0.2, -0.15) is 13.2 Å². The number of fused-ring (bicyclic) bond motifs is 5. The van der Waals surface area contributed by atoms with E-state index in [4.69, 9.17) is 4.74 Å². The van der Waals surface area contributed by atoms with Crippen LogP contribution in [0.3, 0.4) is 0 Å². The zero-order valence-corrected chi connectivity index (χ0v) is 17.9. The molecule has 0 aromatic heterocycles. The van der Waals surface area contributed by atoms with Crippen LogP contribution in [0.1, 0.15) is 78.6 Å². The Hall–Kier alpha value is -0.620. The Morgan fingerprint density at radius 1 is 0.966 bits per heavy atom. The zero-order chi connectivity index (χ0) is 21.2. The van der Waals surface area contributed by atoms with Crippen LogP contribution in [0.25, 0.3) is 0 Å². The molecular weight excluding hydrogens is 381 g/mol. The Morgan fingerprint density at radius 3 is 2.34 bits per heavy atom. The minimum absolute atomic E-state index is 0.129. The largest absolute Gasteiger partial charge is 0.452 e. The van der Waals surface area contributed by atoms with Gasteiger partial charge in [0.1, 0.15) is 6.61 Å². The smallest absolute Gasteiger partial charge is 0.390 e. The number of ketones is 1. The van der Waals surface area contributed by atoms with Gasteiger partial charge in [-0.25, -0.2) is 0 Å². The summed E-state index contributed by atoms with van der Waals surface area (Å²) in [4.78, 5) is 11.3. The Balaban J connectivity index is 1.47. The van der Waals surface area contributed by atoms with E-state index in [0.717, 1.165) is 57.8 Å². The van der Waals surface area contributed by atoms with Crippen LogP contribution in [0.4, 0.5) is 13.2 Å². The topological polar surface area (TPSA) is 46.5 Å². The number of halogens is 3. The summed E-state index contributed by atoms with van der Waals surface area (Å²) in [5, 5.41) is 10.6. The van der Waals surface area contributed by atoms with Gasteiger partial charge in [-0.3, -0.25) is 4.79 Å². The number of hydrogen-bond donors (Lipinski definition) is 1. The minimum atomic E-state index is -4.81. The van der Waals surface area contributed by atoms with Crippen LogP contribution in [0.5, 0.6) is 0 Å². The quantitative estimate of drug-likeness (QED) is 0.679. The average molecular weight is 417 g/mol. The van der Waals surface area contributed by atoms with Gasteiger partial charge in [-0.1, -0.05) is 13.8 Å². The fourth-order valence-electron chi connectivity index (χ4n) is 7.92. The normalized spacial score (nSPS) is 49.8. The van der Waals surface area contributed by atoms with Crippen LogP contribution in [0, 0.1) is 34.5 Å². The number of ether oxygens (including phenoxy) is 1. The summed E-state index contributed by atoms with van der Waals surface area (Å²) < 4.78 is 43.3. The van der Waals surface area contributed by atoms with Crippen LogP contribution < -0.4 is 0 Å². The molecule has 4 rings (SSSR count). The van der Waals surface area contributed by atoms with Crippen molar-refractivity contribution in [2.45, 2.75) is 96.4 Å². The monoisotopic (exact) mass is 416 g/mol. The van der Waals surface area contributed by atoms with E-state index in [9.17, 15) is 23.1 Å². The molecule has 4 saturated carbocycles. The van der Waals surface area contributed by atoms with E-state index in [2.05, 4.69) is 13.8 Å². The molecule has 8 atom stereocenters. The van der Waals surface area contributed by atoms with E-state index in [-0.39, 0.29) is 16.9 Å². The lowest BCUT2D eigenvalue weighted by Gasteiger charge is -2.61. The third-order valence-corrected chi connectivity index (χ3v) is 9.60. The maximum atomic E-state index is 12.6. The highest BCUT2D eigenvalue weighted by molar-refractivity contribution is 5.85. The second-order valence-electron chi connectivity index (χ2n) is 11.2. The first-order valence-corrected chi connectivity index (χ1v) is 11.3. The molecule has 0 aliphatic heterocycles. The Bertz CT molecular complexity index is 660.